The van der Waals surface area contributed by atoms with E-state index in [4.69, 9.17) is 10.2 Å². The number of amides is 1. The largest absolute Gasteiger partial charge is 0.449 e. The molecule has 33 heavy (non-hydrogen) atoms. The Morgan fingerprint density at radius 1 is 1.06 bits per heavy atom. The Bertz CT molecular complexity index is 1390. The Morgan fingerprint density at radius 2 is 1.97 bits per heavy atom. The van der Waals surface area contributed by atoms with Crippen LogP contribution >= 0.6 is 0 Å². The minimum atomic E-state index is -0.331. The number of nitrogen functional groups attached to an aromatic ring is 1. The van der Waals surface area contributed by atoms with Crippen molar-refractivity contribution < 1.29 is 9.21 Å². The number of anilines is 5. The van der Waals surface area contributed by atoms with Crippen molar-refractivity contribution in [3.8, 4) is 0 Å². The maximum atomic E-state index is 12.4. The van der Waals surface area contributed by atoms with Gasteiger partial charge in [-0.3, -0.25) is 9.78 Å². The number of rotatable bonds is 7. The predicted octanol–water partition coefficient (Wildman–Crippen LogP) is 3.91. The van der Waals surface area contributed by atoms with Crippen LogP contribution in [-0.4, -0.2) is 25.5 Å². The molecule has 4 heterocycles. The van der Waals surface area contributed by atoms with Crippen molar-refractivity contribution in [3.05, 3.63) is 90.6 Å². The topological polar surface area (TPSA) is 135 Å². The second-order valence-corrected chi connectivity index (χ2v) is 7.17. The summed E-state index contributed by atoms with van der Waals surface area (Å²) in [4.78, 5) is 21.3. The molecule has 164 valence electrons. The Kier molecular flexibility index (Phi) is 5.30. The molecule has 1 aromatic carbocycles. The number of carbonyl (C=O) groups excluding carboxylic acids is 1. The molecule has 0 spiro atoms. The lowest BCUT2D eigenvalue weighted by Crippen LogP contribution is -2.15. The van der Waals surface area contributed by atoms with Crippen LogP contribution in [0.25, 0.3) is 5.52 Å². The Balaban J connectivity index is 1.27. The number of pyridine rings is 1. The number of benzene rings is 1. The van der Waals surface area contributed by atoms with E-state index in [9.17, 15) is 4.79 Å². The molecule has 0 aliphatic heterocycles. The van der Waals surface area contributed by atoms with Gasteiger partial charge in [0.05, 0.1) is 17.6 Å². The average Bonchev–Trinajstić information content (AvgIpc) is 3.52. The van der Waals surface area contributed by atoms with Gasteiger partial charge in [-0.25, -0.2) is 4.52 Å². The van der Waals surface area contributed by atoms with Crippen LogP contribution in [0.15, 0.2) is 83.7 Å². The molecular formula is C23H20N8O2. The summed E-state index contributed by atoms with van der Waals surface area (Å²) in [7, 11) is 0. The first-order valence-corrected chi connectivity index (χ1v) is 10.2. The van der Waals surface area contributed by atoms with Crippen molar-refractivity contribution in [3.63, 3.8) is 0 Å². The average molecular weight is 440 g/mol. The number of hydrogen-bond donors (Lipinski definition) is 4. The summed E-state index contributed by atoms with van der Waals surface area (Å²) in [5.41, 5.74) is 8.88. The van der Waals surface area contributed by atoms with E-state index < -0.39 is 0 Å². The quantitative estimate of drug-likeness (QED) is 0.280. The number of carbonyl (C=O) groups is 1. The zero-order chi connectivity index (χ0) is 22.6. The maximum Gasteiger partial charge on any atom is 0.274 e. The molecule has 0 saturated heterocycles. The molecule has 1 amide bonds. The van der Waals surface area contributed by atoms with E-state index in [1.807, 2.05) is 30.5 Å². The standard InChI is InChI=1S/C23H20N8O2/c24-16-5-1-2-6-17(16)27-22(32)18-10-9-15(13-25-18)14-26-23-29-21(28-20-8-4-12-33-20)19-7-3-11-31(19)30-23/h1-13H,14,24H2,(H,27,32)(H2,26,28,29,30). The molecule has 0 atom stereocenters. The number of nitrogens with one attached hydrogen (secondary N) is 3. The van der Waals surface area contributed by atoms with E-state index in [-0.39, 0.29) is 11.6 Å². The smallest absolute Gasteiger partial charge is 0.274 e. The summed E-state index contributed by atoms with van der Waals surface area (Å²) in [6, 6.07) is 17.9. The SMILES string of the molecule is Nc1ccccc1NC(=O)c1ccc(CNc2nc(Nc3ccco3)c3cccn3n2)cn1. The molecule has 0 fully saturated rings. The van der Waals surface area contributed by atoms with Crippen molar-refractivity contribution in [2.45, 2.75) is 6.54 Å². The molecule has 0 radical (unpaired) electrons. The molecule has 0 aliphatic carbocycles. The maximum absolute atomic E-state index is 12.4. The first kappa shape index (κ1) is 20.1. The fourth-order valence-electron chi connectivity index (χ4n) is 3.21. The minimum absolute atomic E-state index is 0.289. The number of hydrogen-bond acceptors (Lipinski definition) is 8. The van der Waals surface area contributed by atoms with E-state index >= 15 is 0 Å². The predicted molar refractivity (Wildman–Crippen MR) is 125 cm³/mol. The molecule has 0 saturated carbocycles. The Hall–Kier alpha value is -4.86. The van der Waals surface area contributed by atoms with E-state index in [1.54, 1.807) is 53.4 Å². The van der Waals surface area contributed by atoms with Gasteiger partial charge in [0, 0.05) is 25.0 Å². The molecule has 0 bridgehead atoms. The lowest BCUT2D eigenvalue weighted by Gasteiger charge is -2.10. The zero-order valence-corrected chi connectivity index (χ0v) is 17.4. The van der Waals surface area contributed by atoms with Gasteiger partial charge in [0.25, 0.3) is 5.91 Å². The molecule has 10 heteroatoms. The number of aromatic nitrogens is 4. The van der Waals surface area contributed by atoms with Gasteiger partial charge in [0.15, 0.2) is 11.7 Å². The van der Waals surface area contributed by atoms with Crippen LogP contribution < -0.4 is 21.7 Å². The third-order valence-corrected chi connectivity index (χ3v) is 4.87. The van der Waals surface area contributed by atoms with Crippen LogP contribution in [-0.2, 0) is 6.54 Å². The molecule has 10 nitrogen and oxygen atoms in total. The molecule has 4 aromatic heterocycles. The van der Waals surface area contributed by atoms with Gasteiger partial charge in [0.1, 0.15) is 11.2 Å². The summed E-state index contributed by atoms with van der Waals surface area (Å²) in [6.45, 7) is 0.424. The second kappa shape index (κ2) is 8.71. The Labute approximate surface area is 188 Å². The second-order valence-electron chi connectivity index (χ2n) is 7.17. The molecular weight excluding hydrogens is 420 g/mol. The van der Waals surface area contributed by atoms with Gasteiger partial charge in [0.2, 0.25) is 5.95 Å². The van der Waals surface area contributed by atoms with Gasteiger partial charge >= 0.3 is 0 Å². The fraction of sp³-hybridized carbons (Fsp3) is 0.0435. The normalized spacial score (nSPS) is 10.8. The van der Waals surface area contributed by atoms with Gasteiger partial charge in [-0.05, 0) is 42.0 Å². The third kappa shape index (κ3) is 4.44. The minimum Gasteiger partial charge on any atom is -0.449 e. The van der Waals surface area contributed by atoms with E-state index in [2.05, 4.69) is 31.0 Å². The molecule has 5 rings (SSSR count). The first-order chi connectivity index (χ1) is 16.2. The van der Waals surface area contributed by atoms with Gasteiger partial charge in [-0.15, -0.1) is 5.10 Å². The molecule has 5 N–H and O–H groups in total. The summed E-state index contributed by atoms with van der Waals surface area (Å²) >= 11 is 0. The van der Waals surface area contributed by atoms with E-state index in [0.29, 0.717) is 35.6 Å². The van der Waals surface area contributed by atoms with Crippen molar-refractivity contribution in [2.24, 2.45) is 0 Å². The van der Waals surface area contributed by atoms with Crippen LogP contribution in [0.5, 0.6) is 0 Å². The molecule has 5 aromatic rings. The number of fused-ring (bicyclic) bond motifs is 1. The number of furan rings is 1. The van der Waals surface area contributed by atoms with Crippen LogP contribution in [0, 0.1) is 0 Å². The zero-order valence-electron chi connectivity index (χ0n) is 17.4. The molecule has 0 unspecified atom stereocenters. The van der Waals surface area contributed by atoms with E-state index in [0.717, 1.165) is 11.1 Å². The van der Waals surface area contributed by atoms with Crippen LogP contribution in [0.2, 0.25) is 0 Å². The van der Waals surface area contributed by atoms with E-state index in [1.165, 1.54) is 0 Å². The van der Waals surface area contributed by atoms with Gasteiger partial charge < -0.3 is 26.1 Å². The van der Waals surface area contributed by atoms with Gasteiger partial charge in [-0.2, -0.15) is 4.98 Å². The highest BCUT2D eigenvalue weighted by Crippen LogP contribution is 2.22. The van der Waals surface area contributed by atoms with Crippen LogP contribution in [0.1, 0.15) is 16.1 Å². The number of nitrogens with two attached hydrogens (primary N) is 1. The first-order valence-electron chi connectivity index (χ1n) is 10.2. The fourth-order valence-corrected chi connectivity index (χ4v) is 3.21. The lowest BCUT2D eigenvalue weighted by atomic mass is 10.2. The summed E-state index contributed by atoms with van der Waals surface area (Å²) in [5, 5.41) is 13.6. The molecule has 0 aliphatic rings. The monoisotopic (exact) mass is 440 g/mol. The highest BCUT2D eigenvalue weighted by atomic mass is 16.3. The highest BCUT2D eigenvalue weighted by molar-refractivity contribution is 6.04. The van der Waals surface area contributed by atoms with Gasteiger partial charge in [-0.1, -0.05) is 18.2 Å². The van der Waals surface area contributed by atoms with Crippen molar-refractivity contribution in [2.75, 3.05) is 21.7 Å². The Morgan fingerprint density at radius 3 is 2.76 bits per heavy atom. The van der Waals surface area contributed by atoms with Crippen LogP contribution in [0.4, 0.5) is 29.0 Å². The lowest BCUT2D eigenvalue weighted by molar-refractivity contribution is 0.102. The third-order valence-electron chi connectivity index (χ3n) is 4.87. The van der Waals surface area contributed by atoms with Crippen molar-refractivity contribution in [1.82, 2.24) is 19.6 Å². The summed E-state index contributed by atoms with van der Waals surface area (Å²) in [5.74, 6) is 1.28. The number of para-hydroxylation sites is 2. The van der Waals surface area contributed by atoms with Crippen LogP contribution in [0.3, 0.4) is 0 Å². The highest BCUT2D eigenvalue weighted by Gasteiger charge is 2.11. The van der Waals surface area contributed by atoms with Crippen molar-refractivity contribution >= 4 is 40.4 Å². The number of nitrogens with zero attached hydrogens (tertiary/aromatic N) is 4. The van der Waals surface area contributed by atoms with Crippen molar-refractivity contribution in [1.29, 1.82) is 0 Å². The summed E-state index contributed by atoms with van der Waals surface area (Å²) < 4.78 is 7.08. The summed E-state index contributed by atoms with van der Waals surface area (Å²) in [6.07, 6.45) is 5.06.